The largest absolute Gasteiger partial charge is 0.495 e. The van der Waals surface area contributed by atoms with Gasteiger partial charge in [-0.2, -0.15) is 0 Å². The number of hydrogen-bond donors (Lipinski definition) is 1. The van der Waals surface area contributed by atoms with Crippen molar-refractivity contribution in [3.8, 4) is 17.1 Å². The van der Waals surface area contributed by atoms with Crippen molar-refractivity contribution in [1.82, 2.24) is 29.7 Å². The van der Waals surface area contributed by atoms with Gasteiger partial charge in [0.1, 0.15) is 17.6 Å². The number of rotatable bonds is 6. The molecular weight excluding hydrogens is 456 g/mol. The zero-order valence-corrected chi connectivity index (χ0v) is 20.9. The first-order valence-corrected chi connectivity index (χ1v) is 12.4. The maximum Gasteiger partial charge on any atom is 0.227 e. The molecule has 186 valence electrons. The minimum Gasteiger partial charge on any atom is -0.495 e. The van der Waals surface area contributed by atoms with E-state index in [2.05, 4.69) is 32.3 Å². The minimum absolute atomic E-state index is 0.348. The summed E-state index contributed by atoms with van der Waals surface area (Å²) in [5, 5.41) is 12.6. The fourth-order valence-electron chi connectivity index (χ4n) is 5.23. The lowest BCUT2D eigenvalue weighted by Gasteiger charge is -2.52. The standard InChI is InChI=1S/C26H30N8O2/c1-4-33-16-28-32-23(33)18-5-6-20(21(12-18)35-3)30-25-27-13-19-11-17(2)29-24(22(19)31-25)34-14-26(15-34)7-9-36-10-8-26/h5-6,11-13,16H,4,7-10,14-15H2,1-3H3,(H,27,30,31). The van der Waals surface area contributed by atoms with Crippen molar-refractivity contribution in [2.45, 2.75) is 33.2 Å². The van der Waals surface area contributed by atoms with Crippen molar-refractivity contribution in [1.29, 1.82) is 0 Å². The summed E-state index contributed by atoms with van der Waals surface area (Å²) in [5.41, 5.74) is 3.87. The van der Waals surface area contributed by atoms with Crippen LogP contribution >= 0.6 is 0 Å². The van der Waals surface area contributed by atoms with Crippen LogP contribution in [0.2, 0.25) is 0 Å². The zero-order valence-electron chi connectivity index (χ0n) is 20.9. The van der Waals surface area contributed by atoms with Crippen molar-refractivity contribution in [3.63, 3.8) is 0 Å². The highest BCUT2D eigenvalue weighted by molar-refractivity contribution is 5.90. The van der Waals surface area contributed by atoms with Gasteiger partial charge in [0, 0.05) is 61.1 Å². The molecule has 3 aromatic heterocycles. The molecule has 10 heteroatoms. The van der Waals surface area contributed by atoms with Crippen LogP contribution < -0.4 is 15.0 Å². The fourth-order valence-corrected chi connectivity index (χ4v) is 5.23. The van der Waals surface area contributed by atoms with Gasteiger partial charge in [0.2, 0.25) is 5.95 Å². The van der Waals surface area contributed by atoms with E-state index in [-0.39, 0.29) is 0 Å². The van der Waals surface area contributed by atoms with Crippen molar-refractivity contribution in [2.75, 3.05) is 43.6 Å². The summed E-state index contributed by atoms with van der Waals surface area (Å²) in [6.45, 7) is 8.55. The third-order valence-electron chi connectivity index (χ3n) is 7.24. The van der Waals surface area contributed by atoms with Crippen LogP contribution in [0.25, 0.3) is 22.3 Å². The minimum atomic E-state index is 0.348. The number of nitrogens with zero attached hydrogens (tertiary/aromatic N) is 7. The summed E-state index contributed by atoms with van der Waals surface area (Å²) >= 11 is 0. The highest BCUT2D eigenvalue weighted by Gasteiger charge is 2.45. The van der Waals surface area contributed by atoms with Crippen LogP contribution in [-0.2, 0) is 11.3 Å². The second kappa shape index (κ2) is 9.02. The van der Waals surface area contributed by atoms with Crippen LogP contribution in [0.4, 0.5) is 17.5 Å². The number of ether oxygens (including phenoxy) is 2. The lowest BCUT2D eigenvalue weighted by atomic mass is 9.73. The van der Waals surface area contributed by atoms with E-state index in [0.717, 1.165) is 85.2 Å². The Morgan fingerprint density at radius 1 is 1.14 bits per heavy atom. The van der Waals surface area contributed by atoms with E-state index in [1.165, 1.54) is 0 Å². The van der Waals surface area contributed by atoms with Crippen LogP contribution in [0.1, 0.15) is 25.5 Å². The second-order valence-electron chi connectivity index (χ2n) is 9.67. The Morgan fingerprint density at radius 2 is 1.97 bits per heavy atom. The molecule has 2 fully saturated rings. The van der Waals surface area contributed by atoms with Crippen LogP contribution in [0.15, 0.2) is 36.8 Å². The first kappa shape index (κ1) is 22.7. The van der Waals surface area contributed by atoms with E-state index in [9.17, 15) is 0 Å². The predicted octanol–water partition coefficient (Wildman–Crippen LogP) is 3.98. The molecule has 1 N–H and O–H groups in total. The van der Waals surface area contributed by atoms with E-state index >= 15 is 0 Å². The molecule has 4 aromatic rings. The lowest BCUT2D eigenvalue weighted by molar-refractivity contribution is -0.000372. The molecular formula is C26H30N8O2. The number of hydrogen-bond acceptors (Lipinski definition) is 9. The molecule has 5 heterocycles. The second-order valence-corrected chi connectivity index (χ2v) is 9.67. The zero-order chi connectivity index (χ0) is 24.7. The number of anilines is 3. The summed E-state index contributed by atoms with van der Waals surface area (Å²) in [6.07, 6.45) is 5.81. The maximum atomic E-state index is 5.68. The van der Waals surface area contributed by atoms with Crippen molar-refractivity contribution in [2.24, 2.45) is 5.41 Å². The number of methoxy groups -OCH3 is 1. The molecule has 2 aliphatic rings. The van der Waals surface area contributed by atoms with Gasteiger partial charge in [0.05, 0.1) is 12.8 Å². The van der Waals surface area contributed by atoms with Gasteiger partial charge in [-0.05, 0) is 51.0 Å². The summed E-state index contributed by atoms with van der Waals surface area (Å²) in [4.78, 5) is 16.7. The first-order chi connectivity index (χ1) is 17.6. The molecule has 36 heavy (non-hydrogen) atoms. The molecule has 0 aliphatic carbocycles. The Hall–Kier alpha value is -3.79. The average Bonchev–Trinajstić information content (AvgIpc) is 3.37. The Balaban J connectivity index is 1.30. The molecule has 10 nitrogen and oxygen atoms in total. The third-order valence-corrected chi connectivity index (χ3v) is 7.24. The van der Waals surface area contributed by atoms with Gasteiger partial charge >= 0.3 is 0 Å². The van der Waals surface area contributed by atoms with Gasteiger partial charge in [-0.25, -0.2) is 15.0 Å². The molecule has 2 saturated heterocycles. The van der Waals surface area contributed by atoms with E-state index in [1.807, 2.05) is 42.0 Å². The molecule has 0 atom stereocenters. The van der Waals surface area contributed by atoms with Gasteiger partial charge in [-0.15, -0.1) is 10.2 Å². The average molecular weight is 487 g/mol. The van der Waals surface area contributed by atoms with Crippen molar-refractivity contribution in [3.05, 3.63) is 42.5 Å². The molecule has 0 unspecified atom stereocenters. The lowest BCUT2D eigenvalue weighted by Crippen LogP contribution is -2.59. The molecule has 6 rings (SSSR count). The number of pyridine rings is 1. The van der Waals surface area contributed by atoms with E-state index < -0.39 is 0 Å². The Bertz CT molecular complexity index is 1400. The van der Waals surface area contributed by atoms with Gasteiger partial charge in [-0.1, -0.05) is 0 Å². The van der Waals surface area contributed by atoms with Crippen LogP contribution in [0.3, 0.4) is 0 Å². The first-order valence-electron chi connectivity index (χ1n) is 12.4. The summed E-state index contributed by atoms with van der Waals surface area (Å²) in [6, 6.07) is 7.93. The van der Waals surface area contributed by atoms with Gasteiger partial charge < -0.3 is 24.3 Å². The number of benzene rings is 1. The highest BCUT2D eigenvalue weighted by Crippen LogP contribution is 2.43. The molecule has 1 aromatic carbocycles. The monoisotopic (exact) mass is 486 g/mol. The predicted molar refractivity (Wildman–Crippen MR) is 138 cm³/mol. The SMILES string of the molecule is CCn1cnnc1-c1ccc(Nc2ncc3cc(C)nc(N4CC5(CCOCC5)C4)c3n2)c(OC)c1. The summed E-state index contributed by atoms with van der Waals surface area (Å²) in [5.74, 6) is 2.90. The normalized spacial score (nSPS) is 16.8. The van der Waals surface area contributed by atoms with E-state index in [1.54, 1.807) is 13.4 Å². The van der Waals surface area contributed by atoms with E-state index in [0.29, 0.717) is 17.1 Å². The van der Waals surface area contributed by atoms with Crippen LogP contribution in [-0.4, -0.2) is 63.1 Å². The topological polar surface area (TPSA) is 103 Å². The Morgan fingerprint density at radius 3 is 2.75 bits per heavy atom. The number of nitrogens with one attached hydrogen (secondary N) is 1. The van der Waals surface area contributed by atoms with Gasteiger partial charge in [-0.3, -0.25) is 0 Å². The maximum absolute atomic E-state index is 5.68. The number of aryl methyl sites for hydroxylation is 2. The Kier molecular flexibility index (Phi) is 5.67. The molecule has 0 saturated carbocycles. The van der Waals surface area contributed by atoms with Crippen LogP contribution in [0, 0.1) is 12.3 Å². The van der Waals surface area contributed by atoms with Crippen molar-refractivity contribution < 1.29 is 9.47 Å². The fraction of sp³-hybridized carbons (Fsp3) is 0.423. The van der Waals surface area contributed by atoms with Crippen LogP contribution in [0.5, 0.6) is 5.75 Å². The number of fused-ring (bicyclic) bond motifs is 1. The van der Waals surface area contributed by atoms with Crippen molar-refractivity contribution >= 4 is 28.4 Å². The number of aromatic nitrogens is 6. The summed E-state index contributed by atoms with van der Waals surface area (Å²) in [7, 11) is 1.65. The van der Waals surface area contributed by atoms with Gasteiger partial charge in [0.25, 0.3) is 0 Å². The Labute approximate surface area is 209 Å². The third kappa shape index (κ3) is 4.01. The molecule has 2 aliphatic heterocycles. The molecule has 1 spiro atoms. The quantitative estimate of drug-likeness (QED) is 0.433. The van der Waals surface area contributed by atoms with E-state index in [4.69, 9.17) is 19.4 Å². The molecule has 0 radical (unpaired) electrons. The molecule has 0 amide bonds. The molecule has 0 bridgehead atoms. The highest BCUT2D eigenvalue weighted by atomic mass is 16.5. The smallest absolute Gasteiger partial charge is 0.227 e. The summed E-state index contributed by atoms with van der Waals surface area (Å²) < 4.78 is 13.3. The van der Waals surface area contributed by atoms with Gasteiger partial charge in [0.15, 0.2) is 11.6 Å².